The number of nitrogens with zero attached hydrogens (tertiary/aromatic N) is 2. The highest BCUT2D eigenvalue weighted by atomic mass is 16.6. The summed E-state index contributed by atoms with van der Waals surface area (Å²) in [7, 11) is 0. The summed E-state index contributed by atoms with van der Waals surface area (Å²) < 4.78 is 5.85. The number of phenols is 1. The number of hydrogen-bond acceptors (Lipinski definition) is 5. The first kappa shape index (κ1) is 17.5. The monoisotopic (exact) mass is 372 g/mol. The second-order valence-corrected chi connectivity index (χ2v) is 6.38. The second-order valence-electron chi connectivity index (χ2n) is 6.38. The lowest BCUT2D eigenvalue weighted by atomic mass is 10.1. The first-order chi connectivity index (χ1) is 13.5. The number of para-hydroxylation sites is 1. The fraction of sp³-hybridized carbons (Fsp3) is 0.0455. The van der Waals surface area contributed by atoms with E-state index in [1.54, 1.807) is 30.4 Å². The summed E-state index contributed by atoms with van der Waals surface area (Å²) in [5, 5.41) is 21.7. The minimum absolute atomic E-state index is 0.0542. The summed E-state index contributed by atoms with van der Waals surface area (Å²) in [5.74, 6) is 1.41. The van der Waals surface area contributed by atoms with Crippen LogP contribution in [-0.2, 0) is 0 Å². The number of furan rings is 1. The lowest BCUT2D eigenvalue weighted by Gasteiger charge is -2.02. The van der Waals surface area contributed by atoms with Crippen LogP contribution in [0.5, 0.6) is 5.75 Å². The van der Waals surface area contributed by atoms with Gasteiger partial charge in [-0.3, -0.25) is 10.1 Å². The maximum absolute atomic E-state index is 10.9. The SMILES string of the molecule is Cc1cc([N+](=O)[O-])ccc1-c1ccc(/C=C/c2ccc3cccc(O)c3n2)o1. The van der Waals surface area contributed by atoms with Crippen LogP contribution in [0.1, 0.15) is 17.0 Å². The highest BCUT2D eigenvalue weighted by molar-refractivity contribution is 5.85. The van der Waals surface area contributed by atoms with E-state index in [9.17, 15) is 15.2 Å². The van der Waals surface area contributed by atoms with Crippen molar-refractivity contribution >= 4 is 28.7 Å². The molecule has 4 rings (SSSR count). The molecule has 4 aromatic rings. The zero-order valence-electron chi connectivity index (χ0n) is 15.0. The number of pyridine rings is 1. The van der Waals surface area contributed by atoms with E-state index >= 15 is 0 Å². The molecule has 0 aliphatic heterocycles. The molecular formula is C22H16N2O4. The Hall–Kier alpha value is -3.93. The highest BCUT2D eigenvalue weighted by Gasteiger charge is 2.11. The van der Waals surface area contributed by atoms with Gasteiger partial charge in [-0.1, -0.05) is 18.2 Å². The van der Waals surface area contributed by atoms with E-state index < -0.39 is 4.92 Å². The van der Waals surface area contributed by atoms with Gasteiger partial charge in [-0.05, 0) is 55.0 Å². The largest absolute Gasteiger partial charge is 0.506 e. The van der Waals surface area contributed by atoms with Crippen LogP contribution in [0.15, 0.2) is 65.1 Å². The second kappa shape index (κ2) is 7.00. The molecule has 138 valence electrons. The van der Waals surface area contributed by atoms with Gasteiger partial charge < -0.3 is 9.52 Å². The van der Waals surface area contributed by atoms with Crippen molar-refractivity contribution in [1.29, 1.82) is 0 Å². The molecule has 0 atom stereocenters. The Bertz CT molecular complexity index is 1220. The van der Waals surface area contributed by atoms with Crippen LogP contribution in [0.4, 0.5) is 5.69 Å². The Labute approximate surface area is 160 Å². The third-order valence-corrected chi connectivity index (χ3v) is 4.45. The molecule has 6 heteroatoms. The minimum Gasteiger partial charge on any atom is -0.506 e. The van der Waals surface area contributed by atoms with Crippen LogP contribution in [0.3, 0.4) is 0 Å². The third kappa shape index (κ3) is 3.35. The fourth-order valence-corrected chi connectivity index (χ4v) is 3.03. The molecule has 2 heterocycles. The fourth-order valence-electron chi connectivity index (χ4n) is 3.03. The van der Waals surface area contributed by atoms with Gasteiger partial charge in [0.05, 0.1) is 10.6 Å². The molecule has 0 saturated carbocycles. The maximum Gasteiger partial charge on any atom is 0.269 e. The topological polar surface area (TPSA) is 89.4 Å². The number of nitro groups is 1. The Morgan fingerprint density at radius 1 is 1.07 bits per heavy atom. The molecule has 28 heavy (non-hydrogen) atoms. The Morgan fingerprint density at radius 3 is 2.71 bits per heavy atom. The number of hydrogen-bond donors (Lipinski definition) is 1. The summed E-state index contributed by atoms with van der Waals surface area (Å²) in [5.41, 5.74) is 2.87. The van der Waals surface area contributed by atoms with Crippen molar-refractivity contribution in [2.75, 3.05) is 0 Å². The first-order valence-electron chi connectivity index (χ1n) is 8.63. The van der Waals surface area contributed by atoms with Crippen molar-refractivity contribution in [2.45, 2.75) is 6.92 Å². The normalized spacial score (nSPS) is 11.3. The van der Waals surface area contributed by atoms with Gasteiger partial charge in [0, 0.05) is 23.1 Å². The zero-order valence-corrected chi connectivity index (χ0v) is 15.0. The molecule has 0 aliphatic carbocycles. The number of rotatable bonds is 4. The number of non-ortho nitro benzene ring substituents is 1. The quantitative estimate of drug-likeness (QED) is 0.373. The Kier molecular flexibility index (Phi) is 4.37. The molecule has 0 bridgehead atoms. The van der Waals surface area contributed by atoms with Gasteiger partial charge in [-0.15, -0.1) is 0 Å². The molecular weight excluding hydrogens is 356 g/mol. The number of nitro benzene ring substituents is 1. The van der Waals surface area contributed by atoms with Crippen LogP contribution >= 0.6 is 0 Å². The van der Waals surface area contributed by atoms with E-state index in [1.807, 2.05) is 37.3 Å². The van der Waals surface area contributed by atoms with Crippen molar-refractivity contribution in [3.05, 3.63) is 87.8 Å². The Morgan fingerprint density at radius 2 is 1.93 bits per heavy atom. The van der Waals surface area contributed by atoms with Crippen molar-refractivity contribution in [3.63, 3.8) is 0 Å². The lowest BCUT2D eigenvalue weighted by molar-refractivity contribution is -0.384. The molecule has 0 spiro atoms. The molecule has 0 saturated heterocycles. The predicted molar refractivity (Wildman–Crippen MR) is 108 cm³/mol. The van der Waals surface area contributed by atoms with Gasteiger partial charge >= 0.3 is 0 Å². The summed E-state index contributed by atoms with van der Waals surface area (Å²) in [6, 6.07) is 17.4. The maximum atomic E-state index is 10.9. The third-order valence-electron chi connectivity index (χ3n) is 4.45. The van der Waals surface area contributed by atoms with Crippen LogP contribution in [-0.4, -0.2) is 15.0 Å². The average Bonchev–Trinajstić information content (AvgIpc) is 3.15. The standard InChI is InChI=1S/C22H16N2O4/c1-14-13-17(24(26)27)8-11-19(14)21-12-10-18(28-21)9-7-16-6-5-15-3-2-4-20(25)22(15)23-16/h2-13,25H,1H3/b9-7+. The van der Waals surface area contributed by atoms with Crippen molar-refractivity contribution in [2.24, 2.45) is 0 Å². The van der Waals surface area contributed by atoms with Gasteiger partial charge in [-0.25, -0.2) is 4.98 Å². The van der Waals surface area contributed by atoms with Gasteiger partial charge in [-0.2, -0.15) is 0 Å². The first-order valence-corrected chi connectivity index (χ1v) is 8.63. The molecule has 0 amide bonds. The van der Waals surface area contributed by atoms with Crippen molar-refractivity contribution < 1.29 is 14.4 Å². The zero-order chi connectivity index (χ0) is 19.7. The van der Waals surface area contributed by atoms with Crippen LogP contribution in [0.25, 0.3) is 34.4 Å². The molecule has 1 N–H and O–H groups in total. The minimum atomic E-state index is -0.415. The molecule has 6 nitrogen and oxygen atoms in total. The average molecular weight is 372 g/mol. The van der Waals surface area contributed by atoms with Gasteiger partial charge in [0.25, 0.3) is 5.69 Å². The highest BCUT2D eigenvalue weighted by Crippen LogP contribution is 2.29. The van der Waals surface area contributed by atoms with E-state index in [0.29, 0.717) is 22.7 Å². The number of aryl methyl sites for hydroxylation is 1. The van der Waals surface area contributed by atoms with Crippen LogP contribution in [0.2, 0.25) is 0 Å². The molecule has 2 aromatic heterocycles. The summed E-state index contributed by atoms with van der Waals surface area (Å²) in [6.45, 7) is 1.81. The predicted octanol–water partition coefficient (Wildman–Crippen LogP) is 5.59. The van der Waals surface area contributed by atoms with Crippen LogP contribution < -0.4 is 0 Å². The molecule has 0 radical (unpaired) electrons. The summed E-state index contributed by atoms with van der Waals surface area (Å²) in [4.78, 5) is 14.9. The smallest absolute Gasteiger partial charge is 0.269 e. The molecule has 2 aromatic carbocycles. The van der Waals surface area contributed by atoms with Gasteiger partial charge in [0.15, 0.2) is 0 Å². The molecule has 0 aliphatic rings. The summed E-state index contributed by atoms with van der Waals surface area (Å²) in [6.07, 6.45) is 3.59. The summed E-state index contributed by atoms with van der Waals surface area (Å²) >= 11 is 0. The van der Waals surface area contributed by atoms with Crippen molar-refractivity contribution in [3.8, 4) is 17.1 Å². The van der Waals surface area contributed by atoms with E-state index in [1.165, 1.54) is 12.1 Å². The van der Waals surface area contributed by atoms with E-state index in [2.05, 4.69) is 4.98 Å². The number of aromatic hydroxyl groups is 1. The number of aromatic nitrogens is 1. The molecule has 0 fully saturated rings. The lowest BCUT2D eigenvalue weighted by Crippen LogP contribution is -1.89. The van der Waals surface area contributed by atoms with E-state index in [4.69, 9.17) is 4.42 Å². The van der Waals surface area contributed by atoms with E-state index in [0.717, 1.165) is 16.5 Å². The number of benzene rings is 2. The van der Waals surface area contributed by atoms with Gasteiger partial charge in [0.1, 0.15) is 22.8 Å². The Balaban J connectivity index is 1.60. The van der Waals surface area contributed by atoms with Crippen LogP contribution in [0, 0.1) is 17.0 Å². The van der Waals surface area contributed by atoms with Crippen molar-refractivity contribution in [1.82, 2.24) is 4.98 Å². The number of phenolic OH excluding ortho intramolecular Hbond substituents is 1. The van der Waals surface area contributed by atoms with Gasteiger partial charge in [0.2, 0.25) is 0 Å². The number of fused-ring (bicyclic) bond motifs is 1. The molecule has 0 unspecified atom stereocenters. The van der Waals surface area contributed by atoms with E-state index in [-0.39, 0.29) is 11.4 Å².